The zero-order valence-corrected chi connectivity index (χ0v) is 19.9. The fourth-order valence-corrected chi connectivity index (χ4v) is 3.84. The smallest absolute Gasteiger partial charge is 0.269 e. The molecule has 0 aliphatic carbocycles. The second-order valence-corrected chi connectivity index (χ2v) is 8.13. The predicted molar refractivity (Wildman–Crippen MR) is 141 cm³/mol. The highest BCUT2D eigenvalue weighted by Gasteiger charge is 2.19. The quantitative estimate of drug-likeness (QED) is 0.232. The van der Waals surface area contributed by atoms with Crippen LogP contribution < -0.4 is 25.5 Å². The highest BCUT2D eigenvalue weighted by molar-refractivity contribution is 7.14. The van der Waals surface area contributed by atoms with Crippen LogP contribution in [0.15, 0.2) is 89.3 Å². The average Bonchev–Trinajstić information content (AvgIpc) is 3.30. The standard InChI is InChI=1S/C26H25N5O3S/c1-2-33-23-15-19(16-28-30-26-29-24(27)18-35-26)13-14-22(23)34-17-25(32)31(20-9-5-3-6-10-20)21-11-7-4-8-12-21/h3-16,18H,2,17,27H2,1H3,(H,29,30). The molecule has 178 valence electrons. The van der Waals surface area contributed by atoms with E-state index in [4.69, 9.17) is 15.2 Å². The maximum Gasteiger partial charge on any atom is 0.269 e. The Labute approximate surface area is 207 Å². The van der Waals surface area contributed by atoms with E-state index in [0.29, 0.717) is 29.1 Å². The molecule has 0 radical (unpaired) electrons. The molecule has 8 nitrogen and oxygen atoms in total. The molecule has 0 aliphatic rings. The third-order valence-corrected chi connectivity index (χ3v) is 5.56. The monoisotopic (exact) mass is 487 g/mol. The molecule has 1 aromatic heterocycles. The molecular weight excluding hydrogens is 462 g/mol. The summed E-state index contributed by atoms with van der Waals surface area (Å²) in [5.41, 5.74) is 10.8. The number of nitrogens with one attached hydrogen (secondary N) is 1. The summed E-state index contributed by atoms with van der Waals surface area (Å²) in [4.78, 5) is 19.0. The van der Waals surface area contributed by atoms with Crippen LogP contribution in [0.3, 0.4) is 0 Å². The van der Waals surface area contributed by atoms with Crippen molar-refractivity contribution >= 4 is 45.8 Å². The summed E-state index contributed by atoms with van der Waals surface area (Å²) in [6.45, 7) is 2.17. The Hall–Kier alpha value is -4.37. The van der Waals surface area contributed by atoms with Gasteiger partial charge in [-0.15, -0.1) is 11.3 Å². The zero-order valence-electron chi connectivity index (χ0n) is 19.1. The molecule has 4 rings (SSSR count). The first-order chi connectivity index (χ1) is 17.1. The Morgan fingerprint density at radius 3 is 2.31 bits per heavy atom. The summed E-state index contributed by atoms with van der Waals surface area (Å²) < 4.78 is 11.7. The van der Waals surface area contributed by atoms with E-state index in [1.54, 1.807) is 28.6 Å². The van der Waals surface area contributed by atoms with E-state index in [9.17, 15) is 4.79 Å². The van der Waals surface area contributed by atoms with Crippen LogP contribution in [0.2, 0.25) is 0 Å². The highest BCUT2D eigenvalue weighted by atomic mass is 32.1. The SMILES string of the molecule is CCOc1cc(C=NNc2nc(N)cs2)ccc1OCC(=O)N(c1ccccc1)c1ccccc1. The minimum Gasteiger partial charge on any atom is -0.490 e. The molecule has 0 unspecified atom stereocenters. The fraction of sp³-hybridized carbons (Fsp3) is 0.115. The Morgan fingerprint density at radius 1 is 1.03 bits per heavy atom. The van der Waals surface area contributed by atoms with Gasteiger partial charge >= 0.3 is 0 Å². The molecule has 0 bridgehead atoms. The van der Waals surface area contributed by atoms with Crippen LogP contribution >= 0.6 is 11.3 Å². The largest absolute Gasteiger partial charge is 0.490 e. The number of nitrogens with two attached hydrogens (primary N) is 1. The van der Waals surface area contributed by atoms with Crippen molar-refractivity contribution in [3.8, 4) is 11.5 Å². The molecule has 0 aliphatic heterocycles. The highest BCUT2D eigenvalue weighted by Crippen LogP contribution is 2.30. The van der Waals surface area contributed by atoms with E-state index < -0.39 is 0 Å². The third kappa shape index (κ3) is 6.36. The van der Waals surface area contributed by atoms with E-state index >= 15 is 0 Å². The summed E-state index contributed by atoms with van der Waals surface area (Å²) in [6.07, 6.45) is 1.64. The summed E-state index contributed by atoms with van der Waals surface area (Å²) in [7, 11) is 0. The van der Waals surface area contributed by atoms with Crippen molar-refractivity contribution in [3.05, 3.63) is 89.8 Å². The van der Waals surface area contributed by atoms with E-state index in [-0.39, 0.29) is 12.5 Å². The van der Waals surface area contributed by atoms with E-state index in [1.807, 2.05) is 73.7 Å². The number of para-hydroxylation sites is 2. The number of hydrogen-bond acceptors (Lipinski definition) is 8. The summed E-state index contributed by atoms with van der Waals surface area (Å²) >= 11 is 1.37. The number of rotatable bonds is 10. The van der Waals surface area contributed by atoms with Crippen LogP contribution in [0, 0.1) is 0 Å². The second kappa shape index (κ2) is 11.7. The van der Waals surface area contributed by atoms with Gasteiger partial charge in [0.05, 0.1) is 12.8 Å². The number of hydrazone groups is 1. The van der Waals surface area contributed by atoms with Crippen LogP contribution in [0.1, 0.15) is 12.5 Å². The molecule has 35 heavy (non-hydrogen) atoms. The molecule has 9 heteroatoms. The Kier molecular flexibility index (Phi) is 7.92. The molecule has 0 fully saturated rings. The number of carbonyl (C=O) groups excluding carboxylic acids is 1. The van der Waals surface area contributed by atoms with E-state index in [1.165, 1.54) is 11.3 Å². The van der Waals surface area contributed by atoms with Crippen LogP contribution in [0.25, 0.3) is 0 Å². The number of anilines is 4. The molecule has 3 aromatic carbocycles. The van der Waals surface area contributed by atoms with Crippen molar-refractivity contribution in [2.45, 2.75) is 6.92 Å². The number of ether oxygens (including phenoxy) is 2. The minimum absolute atomic E-state index is 0.162. The van der Waals surface area contributed by atoms with Gasteiger partial charge in [0.25, 0.3) is 5.91 Å². The second-order valence-electron chi connectivity index (χ2n) is 7.28. The van der Waals surface area contributed by atoms with Gasteiger partial charge in [-0.3, -0.25) is 15.1 Å². The van der Waals surface area contributed by atoms with E-state index in [0.717, 1.165) is 16.9 Å². The van der Waals surface area contributed by atoms with Gasteiger partial charge in [-0.05, 0) is 55.0 Å². The predicted octanol–water partition coefficient (Wildman–Crippen LogP) is 5.31. The van der Waals surface area contributed by atoms with Crippen molar-refractivity contribution in [1.82, 2.24) is 4.98 Å². The molecule has 3 N–H and O–H groups in total. The maximum absolute atomic E-state index is 13.2. The molecule has 0 atom stereocenters. The maximum atomic E-state index is 13.2. The Balaban J connectivity index is 1.47. The van der Waals surface area contributed by atoms with Gasteiger partial charge in [-0.25, -0.2) is 4.98 Å². The van der Waals surface area contributed by atoms with Crippen molar-refractivity contribution in [1.29, 1.82) is 0 Å². The lowest BCUT2D eigenvalue weighted by molar-refractivity contribution is -0.119. The molecule has 0 saturated heterocycles. The van der Waals surface area contributed by atoms with Gasteiger partial charge in [-0.2, -0.15) is 5.10 Å². The fourth-order valence-electron chi connectivity index (χ4n) is 3.29. The molecule has 4 aromatic rings. The summed E-state index contributed by atoms with van der Waals surface area (Å²) in [5.74, 6) is 1.23. The molecular formula is C26H25N5O3S. The normalized spacial score (nSPS) is 10.8. The lowest BCUT2D eigenvalue weighted by Crippen LogP contribution is -2.31. The lowest BCUT2D eigenvalue weighted by Gasteiger charge is -2.23. The topological polar surface area (TPSA) is 102 Å². The van der Waals surface area contributed by atoms with Crippen LogP contribution in [0.5, 0.6) is 11.5 Å². The lowest BCUT2D eigenvalue weighted by atomic mass is 10.2. The van der Waals surface area contributed by atoms with Crippen LogP contribution in [-0.4, -0.2) is 30.3 Å². The number of carbonyl (C=O) groups is 1. The molecule has 1 heterocycles. The van der Waals surface area contributed by atoms with Gasteiger partial charge in [0.15, 0.2) is 18.1 Å². The first-order valence-corrected chi connectivity index (χ1v) is 11.8. The minimum atomic E-state index is -0.206. The zero-order chi connectivity index (χ0) is 24.5. The van der Waals surface area contributed by atoms with Gasteiger partial charge in [-0.1, -0.05) is 36.4 Å². The van der Waals surface area contributed by atoms with Crippen LogP contribution in [0.4, 0.5) is 22.3 Å². The van der Waals surface area contributed by atoms with Crippen molar-refractivity contribution in [3.63, 3.8) is 0 Å². The Bertz CT molecular complexity index is 1240. The van der Waals surface area contributed by atoms with E-state index in [2.05, 4.69) is 15.5 Å². The number of hydrogen-bond donors (Lipinski definition) is 2. The summed E-state index contributed by atoms with van der Waals surface area (Å²) in [6, 6.07) is 24.3. The van der Waals surface area contributed by atoms with Gasteiger partial charge in [0, 0.05) is 16.8 Å². The van der Waals surface area contributed by atoms with Gasteiger partial charge in [0.1, 0.15) is 5.82 Å². The molecule has 1 amide bonds. The third-order valence-electron chi connectivity index (χ3n) is 4.79. The van der Waals surface area contributed by atoms with Crippen molar-refractivity contribution in [2.24, 2.45) is 5.10 Å². The Morgan fingerprint density at radius 2 is 1.71 bits per heavy atom. The first kappa shape index (κ1) is 23.8. The van der Waals surface area contributed by atoms with Crippen molar-refractivity contribution < 1.29 is 14.3 Å². The summed E-state index contributed by atoms with van der Waals surface area (Å²) in [5, 5.41) is 6.51. The van der Waals surface area contributed by atoms with Gasteiger partial charge in [0.2, 0.25) is 5.13 Å². The van der Waals surface area contributed by atoms with Crippen molar-refractivity contribution in [2.75, 3.05) is 29.3 Å². The number of nitrogens with zero attached hydrogens (tertiary/aromatic N) is 3. The number of thiazole rings is 1. The number of nitrogen functional groups attached to an aromatic ring is 1. The number of aromatic nitrogens is 1. The average molecular weight is 488 g/mol. The number of amides is 1. The first-order valence-electron chi connectivity index (χ1n) is 11.0. The molecule has 0 saturated carbocycles. The molecule has 0 spiro atoms. The number of benzene rings is 3. The van der Waals surface area contributed by atoms with Crippen LogP contribution in [-0.2, 0) is 4.79 Å². The van der Waals surface area contributed by atoms with Gasteiger partial charge < -0.3 is 15.2 Å².